The molecule has 90 valence electrons. The number of para-hydroxylation sites is 1. The number of aryl methyl sites for hydroxylation is 1. The van der Waals surface area contributed by atoms with Gasteiger partial charge >= 0.3 is 0 Å². The summed E-state index contributed by atoms with van der Waals surface area (Å²) in [7, 11) is 1.64. The SMILES string of the molecule is COCCn1nnnc1-c1cccc(C)c1N. The fourth-order valence-corrected chi connectivity index (χ4v) is 1.60. The second-order valence-corrected chi connectivity index (χ2v) is 3.75. The molecule has 0 spiro atoms. The van der Waals surface area contributed by atoms with Crippen LogP contribution >= 0.6 is 0 Å². The Morgan fingerprint density at radius 1 is 1.41 bits per heavy atom. The van der Waals surface area contributed by atoms with E-state index >= 15 is 0 Å². The van der Waals surface area contributed by atoms with Gasteiger partial charge in [0.1, 0.15) is 0 Å². The van der Waals surface area contributed by atoms with E-state index in [9.17, 15) is 0 Å². The number of tetrazole rings is 1. The predicted octanol–water partition coefficient (Wildman–Crippen LogP) is 0.877. The van der Waals surface area contributed by atoms with E-state index in [0.29, 0.717) is 24.7 Å². The van der Waals surface area contributed by atoms with Crippen LogP contribution in [0.3, 0.4) is 0 Å². The van der Waals surface area contributed by atoms with Crippen molar-refractivity contribution in [2.75, 3.05) is 19.5 Å². The molecular formula is C11H15N5O. The average Bonchev–Trinajstić information content (AvgIpc) is 2.78. The Morgan fingerprint density at radius 3 is 3.00 bits per heavy atom. The van der Waals surface area contributed by atoms with Crippen LogP contribution in [0.15, 0.2) is 18.2 Å². The Balaban J connectivity index is 2.39. The molecule has 6 heteroatoms. The molecule has 0 bridgehead atoms. The highest BCUT2D eigenvalue weighted by molar-refractivity contribution is 5.73. The number of hydrogen-bond donors (Lipinski definition) is 1. The third kappa shape index (κ3) is 2.26. The summed E-state index contributed by atoms with van der Waals surface area (Å²) in [6, 6.07) is 5.82. The molecule has 0 aliphatic rings. The molecule has 2 N–H and O–H groups in total. The number of benzene rings is 1. The van der Waals surface area contributed by atoms with Crippen molar-refractivity contribution < 1.29 is 4.74 Å². The number of methoxy groups -OCH3 is 1. The summed E-state index contributed by atoms with van der Waals surface area (Å²) in [4.78, 5) is 0. The summed E-state index contributed by atoms with van der Waals surface area (Å²) >= 11 is 0. The number of rotatable bonds is 4. The quantitative estimate of drug-likeness (QED) is 0.793. The summed E-state index contributed by atoms with van der Waals surface area (Å²) in [6.07, 6.45) is 0. The molecule has 0 unspecified atom stereocenters. The van der Waals surface area contributed by atoms with Crippen molar-refractivity contribution in [3.05, 3.63) is 23.8 Å². The average molecular weight is 233 g/mol. The Bertz CT molecular complexity index is 508. The summed E-state index contributed by atoms with van der Waals surface area (Å²) in [5.74, 6) is 0.670. The van der Waals surface area contributed by atoms with Gasteiger partial charge in [-0.05, 0) is 29.0 Å². The molecule has 0 radical (unpaired) electrons. The lowest BCUT2D eigenvalue weighted by Gasteiger charge is -2.08. The number of nitrogen functional groups attached to an aromatic ring is 1. The molecule has 0 saturated carbocycles. The lowest BCUT2D eigenvalue weighted by molar-refractivity contribution is 0.183. The van der Waals surface area contributed by atoms with E-state index < -0.39 is 0 Å². The maximum absolute atomic E-state index is 6.03. The van der Waals surface area contributed by atoms with Crippen LogP contribution in [0.2, 0.25) is 0 Å². The molecule has 0 fully saturated rings. The first kappa shape index (κ1) is 11.5. The maximum atomic E-state index is 6.03. The summed E-state index contributed by atoms with van der Waals surface area (Å²) < 4.78 is 6.70. The molecule has 0 aliphatic carbocycles. The van der Waals surface area contributed by atoms with Gasteiger partial charge in [0.15, 0.2) is 5.82 Å². The molecule has 0 saturated heterocycles. The van der Waals surface area contributed by atoms with Crippen molar-refractivity contribution in [2.45, 2.75) is 13.5 Å². The number of aromatic nitrogens is 4. The first-order valence-electron chi connectivity index (χ1n) is 5.34. The van der Waals surface area contributed by atoms with Crippen LogP contribution in [-0.4, -0.2) is 33.9 Å². The number of ether oxygens (including phenoxy) is 1. The molecule has 17 heavy (non-hydrogen) atoms. The summed E-state index contributed by atoms with van der Waals surface area (Å²) in [5.41, 5.74) is 8.61. The molecule has 6 nitrogen and oxygen atoms in total. The highest BCUT2D eigenvalue weighted by atomic mass is 16.5. The van der Waals surface area contributed by atoms with E-state index in [2.05, 4.69) is 15.5 Å². The van der Waals surface area contributed by atoms with Gasteiger partial charge in [0.2, 0.25) is 0 Å². The predicted molar refractivity (Wildman–Crippen MR) is 64.3 cm³/mol. The van der Waals surface area contributed by atoms with Crippen LogP contribution in [0.5, 0.6) is 0 Å². The van der Waals surface area contributed by atoms with E-state index in [0.717, 1.165) is 11.1 Å². The second kappa shape index (κ2) is 4.92. The van der Waals surface area contributed by atoms with Gasteiger partial charge in [-0.2, -0.15) is 0 Å². The molecule has 2 rings (SSSR count). The molecule has 0 amide bonds. The number of nitrogens with zero attached hydrogens (tertiary/aromatic N) is 4. The van der Waals surface area contributed by atoms with Crippen LogP contribution in [0.1, 0.15) is 5.56 Å². The van der Waals surface area contributed by atoms with E-state index in [1.54, 1.807) is 11.8 Å². The zero-order valence-corrected chi connectivity index (χ0v) is 9.92. The summed E-state index contributed by atoms with van der Waals surface area (Å²) in [5, 5.41) is 11.6. The minimum absolute atomic E-state index is 0.559. The maximum Gasteiger partial charge on any atom is 0.184 e. The van der Waals surface area contributed by atoms with Crippen molar-refractivity contribution in [1.29, 1.82) is 0 Å². The zero-order chi connectivity index (χ0) is 12.3. The fourth-order valence-electron chi connectivity index (χ4n) is 1.60. The molecule has 2 aromatic rings. The standard InChI is InChI=1S/C11H15N5O/c1-8-4-3-5-9(10(8)12)11-13-14-15-16(11)6-7-17-2/h3-5H,6-7,12H2,1-2H3. The first-order chi connectivity index (χ1) is 8.24. The van der Waals surface area contributed by atoms with Gasteiger partial charge in [-0.15, -0.1) is 5.10 Å². The molecule has 0 aliphatic heterocycles. The number of anilines is 1. The second-order valence-electron chi connectivity index (χ2n) is 3.75. The molecule has 1 aromatic carbocycles. The van der Waals surface area contributed by atoms with Gasteiger partial charge in [0, 0.05) is 18.4 Å². The van der Waals surface area contributed by atoms with E-state index in [-0.39, 0.29) is 0 Å². The largest absolute Gasteiger partial charge is 0.398 e. The van der Waals surface area contributed by atoms with Gasteiger partial charge in [0.25, 0.3) is 0 Å². The van der Waals surface area contributed by atoms with Gasteiger partial charge < -0.3 is 10.5 Å². The third-order valence-electron chi connectivity index (χ3n) is 2.60. The lowest BCUT2D eigenvalue weighted by atomic mass is 10.1. The first-order valence-corrected chi connectivity index (χ1v) is 5.34. The van der Waals surface area contributed by atoms with Crippen LogP contribution in [0.4, 0.5) is 5.69 Å². The Morgan fingerprint density at radius 2 is 2.24 bits per heavy atom. The van der Waals surface area contributed by atoms with E-state index in [1.165, 1.54) is 0 Å². The number of hydrogen-bond acceptors (Lipinski definition) is 5. The normalized spacial score (nSPS) is 10.7. The highest BCUT2D eigenvalue weighted by Gasteiger charge is 2.12. The van der Waals surface area contributed by atoms with Crippen molar-refractivity contribution in [3.63, 3.8) is 0 Å². The van der Waals surface area contributed by atoms with Crippen molar-refractivity contribution >= 4 is 5.69 Å². The van der Waals surface area contributed by atoms with E-state index in [4.69, 9.17) is 10.5 Å². The van der Waals surface area contributed by atoms with Gasteiger partial charge in [-0.1, -0.05) is 12.1 Å². The monoisotopic (exact) mass is 233 g/mol. The van der Waals surface area contributed by atoms with E-state index in [1.807, 2.05) is 25.1 Å². The van der Waals surface area contributed by atoms with Crippen LogP contribution in [0, 0.1) is 6.92 Å². The third-order valence-corrected chi connectivity index (χ3v) is 2.60. The molecular weight excluding hydrogens is 218 g/mol. The fraction of sp³-hybridized carbons (Fsp3) is 0.364. The summed E-state index contributed by atoms with van der Waals surface area (Å²) in [6.45, 7) is 3.12. The minimum Gasteiger partial charge on any atom is -0.398 e. The van der Waals surface area contributed by atoms with Gasteiger partial charge in [-0.3, -0.25) is 0 Å². The molecule has 1 heterocycles. The smallest absolute Gasteiger partial charge is 0.184 e. The van der Waals surface area contributed by atoms with Crippen LogP contribution in [-0.2, 0) is 11.3 Å². The van der Waals surface area contributed by atoms with Crippen molar-refractivity contribution in [1.82, 2.24) is 20.2 Å². The lowest BCUT2D eigenvalue weighted by Crippen LogP contribution is -2.08. The Hall–Kier alpha value is -1.95. The zero-order valence-electron chi connectivity index (χ0n) is 9.92. The Kier molecular flexibility index (Phi) is 3.34. The van der Waals surface area contributed by atoms with Crippen LogP contribution < -0.4 is 5.73 Å². The highest BCUT2D eigenvalue weighted by Crippen LogP contribution is 2.25. The number of nitrogens with two attached hydrogens (primary N) is 1. The van der Waals surface area contributed by atoms with Crippen LogP contribution in [0.25, 0.3) is 11.4 Å². The van der Waals surface area contributed by atoms with Gasteiger partial charge in [0.05, 0.1) is 13.2 Å². The Labute approximate surface area is 99.4 Å². The van der Waals surface area contributed by atoms with Crippen molar-refractivity contribution in [2.24, 2.45) is 0 Å². The topological polar surface area (TPSA) is 78.8 Å². The van der Waals surface area contributed by atoms with Crippen molar-refractivity contribution in [3.8, 4) is 11.4 Å². The minimum atomic E-state index is 0.559. The molecule has 1 aromatic heterocycles. The molecule has 0 atom stereocenters. The van der Waals surface area contributed by atoms with Gasteiger partial charge in [-0.25, -0.2) is 4.68 Å².